The molecule has 0 spiro atoms. The second-order valence-corrected chi connectivity index (χ2v) is 7.77. The molecule has 0 atom stereocenters. The Morgan fingerprint density at radius 2 is 1.05 bits per heavy atom. The number of alkyl halides is 6. The summed E-state index contributed by atoms with van der Waals surface area (Å²) in [7, 11) is 0. The zero-order chi connectivity index (χ0) is 31.2. The third-order valence-electron chi connectivity index (χ3n) is 4.09. The Labute approximate surface area is 227 Å². The Morgan fingerprint density at radius 1 is 0.769 bits per heavy atom. The van der Waals surface area contributed by atoms with Crippen LogP contribution in [0.15, 0.2) is 6.08 Å². The molecular formula is C25H44F6N2O6. The van der Waals surface area contributed by atoms with E-state index in [4.69, 9.17) is 4.79 Å². The molecule has 0 saturated heterocycles. The van der Waals surface area contributed by atoms with Gasteiger partial charge in [0.25, 0.3) is 0 Å². The maximum atomic E-state index is 11.5. The lowest BCUT2D eigenvalue weighted by molar-refractivity contribution is -0.200. The van der Waals surface area contributed by atoms with Gasteiger partial charge in [-0.25, -0.2) is 14.4 Å². The third-order valence-corrected chi connectivity index (χ3v) is 4.09. The van der Waals surface area contributed by atoms with Gasteiger partial charge in [0.2, 0.25) is 5.91 Å². The van der Waals surface area contributed by atoms with Crippen LogP contribution in [0.4, 0.5) is 26.3 Å². The van der Waals surface area contributed by atoms with Crippen molar-refractivity contribution < 1.29 is 55.0 Å². The zero-order valence-corrected chi connectivity index (χ0v) is 23.3. The van der Waals surface area contributed by atoms with E-state index in [0.717, 1.165) is 0 Å². The SMILES string of the molecule is C1CCCC1.C1CCCC1.CC=C=O.CCC.CCC(=O)NCOC(=O)C(F)(F)F.NCOC(=O)C(F)(F)F. The van der Waals surface area contributed by atoms with Crippen LogP contribution in [-0.4, -0.2) is 49.6 Å². The number of carbonyl (C=O) groups excluding carboxylic acids is 4. The monoisotopic (exact) mass is 582 g/mol. The molecule has 2 fully saturated rings. The maximum Gasteiger partial charge on any atom is 0.490 e. The quantitative estimate of drug-likeness (QED) is 0.173. The zero-order valence-electron chi connectivity index (χ0n) is 23.3. The van der Waals surface area contributed by atoms with Gasteiger partial charge in [0.05, 0.1) is 0 Å². The Balaban J connectivity index is -0.000000204. The van der Waals surface area contributed by atoms with E-state index in [1.165, 1.54) is 83.6 Å². The number of amides is 1. The summed E-state index contributed by atoms with van der Waals surface area (Å²) in [5, 5.41) is 1.95. The third kappa shape index (κ3) is 40.1. The average molecular weight is 583 g/mol. The first-order valence-electron chi connectivity index (χ1n) is 12.8. The van der Waals surface area contributed by atoms with E-state index in [9.17, 15) is 40.7 Å². The highest BCUT2D eigenvalue weighted by Crippen LogP contribution is 2.17. The Bertz CT molecular complexity index is 619. The van der Waals surface area contributed by atoms with Gasteiger partial charge in [0.1, 0.15) is 12.7 Å². The fourth-order valence-corrected chi connectivity index (χ4v) is 2.31. The van der Waals surface area contributed by atoms with E-state index in [2.05, 4.69) is 29.1 Å². The van der Waals surface area contributed by atoms with E-state index in [1.807, 2.05) is 5.32 Å². The van der Waals surface area contributed by atoms with Gasteiger partial charge >= 0.3 is 24.3 Å². The van der Waals surface area contributed by atoms with Crippen molar-refractivity contribution in [3.63, 3.8) is 0 Å². The lowest BCUT2D eigenvalue weighted by atomic mass is 10.4. The number of hydrogen-bond acceptors (Lipinski definition) is 7. The minimum atomic E-state index is -5.02. The predicted molar refractivity (Wildman–Crippen MR) is 135 cm³/mol. The normalized spacial score (nSPS) is 13.2. The fraction of sp³-hybridized carbons (Fsp3) is 0.800. The van der Waals surface area contributed by atoms with E-state index in [-0.39, 0.29) is 6.42 Å². The number of nitrogens with one attached hydrogen (secondary N) is 1. The fourth-order valence-electron chi connectivity index (χ4n) is 2.31. The summed E-state index contributed by atoms with van der Waals surface area (Å²) in [6.45, 7) is 5.89. The second-order valence-electron chi connectivity index (χ2n) is 7.77. The molecule has 0 unspecified atom stereocenters. The first-order valence-corrected chi connectivity index (χ1v) is 12.8. The molecule has 0 aromatic rings. The number of hydrogen-bond donors (Lipinski definition) is 2. The van der Waals surface area contributed by atoms with Gasteiger partial charge < -0.3 is 14.8 Å². The smallest absolute Gasteiger partial charge is 0.443 e. The molecule has 0 bridgehead atoms. The van der Waals surface area contributed by atoms with E-state index in [1.54, 1.807) is 12.9 Å². The molecule has 0 radical (unpaired) electrons. The molecule has 2 rings (SSSR count). The van der Waals surface area contributed by atoms with Crippen LogP contribution in [0.2, 0.25) is 0 Å². The molecule has 0 aromatic heterocycles. The van der Waals surface area contributed by atoms with Gasteiger partial charge in [-0.05, 0) is 13.0 Å². The Kier molecular flexibility index (Phi) is 33.4. The van der Waals surface area contributed by atoms with Crippen molar-refractivity contribution in [3.05, 3.63) is 6.08 Å². The molecule has 0 aromatic carbocycles. The van der Waals surface area contributed by atoms with Gasteiger partial charge in [-0.15, -0.1) is 0 Å². The van der Waals surface area contributed by atoms with Crippen LogP contribution in [-0.2, 0) is 28.7 Å². The van der Waals surface area contributed by atoms with E-state index < -0.39 is 43.7 Å². The van der Waals surface area contributed by atoms with Gasteiger partial charge in [-0.3, -0.25) is 10.5 Å². The van der Waals surface area contributed by atoms with Crippen molar-refractivity contribution in [1.82, 2.24) is 5.32 Å². The molecule has 2 aliphatic rings. The van der Waals surface area contributed by atoms with E-state index >= 15 is 0 Å². The summed E-state index contributed by atoms with van der Waals surface area (Å²) in [4.78, 5) is 39.1. The standard InChI is InChI=1S/C6H8F3NO3.2C5H10.C3H4F3NO2.C3H4O.C3H8/c1-2-4(11)10-3-13-5(12)6(7,8)9;2*1-2-4-5-3-1;4-3(5,6)2(8)9-1-7;1-2-3-4;1-3-2/h2-3H2,1H3,(H,10,11);2*1-5H2;1,7H2;2H,1H3;3H2,1-2H3. The van der Waals surface area contributed by atoms with Crippen molar-refractivity contribution in [3.8, 4) is 0 Å². The van der Waals surface area contributed by atoms with Gasteiger partial charge in [0.15, 0.2) is 6.73 Å². The van der Waals surface area contributed by atoms with Crippen LogP contribution in [0.25, 0.3) is 0 Å². The van der Waals surface area contributed by atoms with Crippen molar-refractivity contribution in [1.29, 1.82) is 0 Å². The van der Waals surface area contributed by atoms with Crippen molar-refractivity contribution >= 4 is 23.8 Å². The Morgan fingerprint density at radius 3 is 1.23 bits per heavy atom. The van der Waals surface area contributed by atoms with Crippen LogP contribution in [0.5, 0.6) is 0 Å². The highest BCUT2D eigenvalue weighted by molar-refractivity contribution is 5.77. The number of halogens is 6. The molecule has 2 aliphatic carbocycles. The largest absolute Gasteiger partial charge is 0.490 e. The molecule has 0 aliphatic heterocycles. The minimum absolute atomic E-state index is 0.115. The van der Waals surface area contributed by atoms with Crippen molar-refractivity contribution in [2.45, 2.75) is 117 Å². The number of esters is 2. The molecular weight excluding hydrogens is 538 g/mol. The number of rotatable bonds is 4. The predicted octanol–water partition coefficient (Wildman–Crippen LogP) is 6.30. The lowest BCUT2D eigenvalue weighted by Crippen LogP contribution is -2.32. The summed E-state index contributed by atoms with van der Waals surface area (Å²) < 4.78 is 74.8. The average Bonchev–Trinajstić information content (AvgIpc) is 3.63. The van der Waals surface area contributed by atoms with Crippen molar-refractivity contribution in [2.24, 2.45) is 5.73 Å². The van der Waals surface area contributed by atoms with Gasteiger partial charge in [-0.2, -0.15) is 26.3 Å². The highest BCUT2D eigenvalue weighted by Gasteiger charge is 2.41. The highest BCUT2D eigenvalue weighted by atomic mass is 19.4. The summed E-state index contributed by atoms with van der Waals surface area (Å²) >= 11 is 0. The first-order chi connectivity index (χ1) is 18.2. The second kappa shape index (κ2) is 29.9. The Hall–Kier alpha value is -2.60. The minimum Gasteiger partial charge on any atom is -0.443 e. The molecule has 3 N–H and O–H groups in total. The first kappa shape index (κ1) is 43.5. The number of nitrogens with two attached hydrogens (primary N) is 1. The van der Waals surface area contributed by atoms with Crippen LogP contribution < -0.4 is 11.1 Å². The van der Waals surface area contributed by atoms with E-state index in [0.29, 0.717) is 0 Å². The number of carbonyl (C=O) groups is 3. The summed E-state index contributed by atoms with van der Waals surface area (Å²) in [6, 6.07) is 0. The molecule has 2 saturated carbocycles. The number of allylic oxidation sites excluding steroid dienone is 1. The van der Waals surface area contributed by atoms with Crippen LogP contribution in [0, 0.1) is 0 Å². The van der Waals surface area contributed by atoms with Crippen LogP contribution in [0.1, 0.15) is 105 Å². The molecule has 1 amide bonds. The van der Waals surface area contributed by atoms with Crippen molar-refractivity contribution in [2.75, 3.05) is 13.5 Å². The molecule has 14 heteroatoms. The van der Waals surface area contributed by atoms with Gasteiger partial charge in [-0.1, -0.05) is 91.4 Å². The molecule has 39 heavy (non-hydrogen) atoms. The van der Waals surface area contributed by atoms with Gasteiger partial charge in [0, 0.05) is 6.42 Å². The molecule has 232 valence electrons. The summed E-state index contributed by atoms with van der Waals surface area (Å²) in [6.07, 6.45) is 7.74. The molecule has 8 nitrogen and oxygen atoms in total. The maximum absolute atomic E-state index is 11.5. The number of ether oxygens (including phenoxy) is 2. The summed E-state index contributed by atoms with van der Waals surface area (Å²) in [5.41, 5.74) is 4.48. The van der Waals surface area contributed by atoms with Crippen LogP contribution >= 0.6 is 0 Å². The summed E-state index contributed by atoms with van der Waals surface area (Å²) in [5.74, 6) is -3.51. The van der Waals surface area contributed by atoms with Crippen LogP contribution in [0.3, 0.4) is 0 Å². The topological polar surface area (TPSA) is 125 Å². The molecule has 0 heterocycles. The lowest BCUT2D eigenvalue weighted by Gasteiger charge is -2.07.